The maximum absolute atomic E-state index is 14.0. The predicted octanol–water partition coefficient (Wildman–Crippen LogP) is 4.30. The number of halogens is 3. The van der Waals surface area contributed by atoms with Gasteiger partial charge in [-0.2, -0.15) is 13.2 Å². The lowest BCUT2D eigenvalue weighted by atomic mass is 10.1. The molecule has 8 nitrogen and oxygen atoms in total. The smallest absolute Gasteiger partial charge is 0.449 e. The summed E-state index contributed by atoms with van der Waals surface area (Å²) in [5, 5.41) is 12.5. The molecule has 0 bridgehead atoms. The van der Waals surface area contributed by atoms with Crippen LogP contribution in [0.3, 0.4) is 0 Å². The molecule has 40 heavy (non-hydrogen) atoms. The molecule has 5 rings (SSSR count). The zero-order valence-electron chi connectivity index (χ0n) is 21.4. The summed E-state index contributed by atoms with van der Waals surface area (Å²) >= 11 is 0. The van der Waals surface area contributed by atoms with Crippen molar-refractivity contribution in [1.82, 2.24) is 14.9 Å². The van der Waals surface area contributed by atoms with Crippen LogP contribution in [-0.2, 0) is 29.0 Å². The molecule has 1 amide bonds. The number of aliphatic hydroxyl groups is 1. The van der Waals surface area contributed by atoms with E-state index in [0.717, 1.165) is 10.1 Å². The van der Waals surface area contributed by atoms with Crippen molar-refractivity contribution in [2.45, 2.75) is 37.0 Å². The molecule has 2 heterocycles. The number of carbonyl (C=O) groups excluding carboxylic acids is 1. The highest BCUT2D eigenvalue weighted by Gasteiger charge is 2.38. The molecule has 0 spiro atoms. The quantitative estimate of drug-likeness (QED) is 0.325. The first kappa shape index (κ1) is 27.7. The fraction of sp³-hybridized carbons (Fsp3) is 0.286. The minimum atomic E-state index is -4.74. The molecule has 0 saturated heterocycles. The first-order valence-corrected chi connectivity index (χ1v) is 14.2. The van der Waals surface area contributed by atoms with Gasteiger partial charge in [0.25, 0.3) is 5.91 Å². The number of aliphatic hydroxyl groups excluding tert-OH is 1. The van der Waals surface area contributed by atoms with Gasteiger partial charge in [0.2, 0.25) is 5.82 Å². The van der Waals surface area contributed by atoms with E-state index < -0.39 is 40.4 Å². The van der Waals surface area contributed by atoms with Crippen LogP contribution in [0.15, 0.2) is 65.6 Å². The normalized spacial score (nSPS) is 14.1. The number of fused-ring (bicyclic) bond motifs is 2. The van der Waals surface area contributed by atoms with Crippen LogP contribution >= 0.6 is 0 Å². The van der Waals surface area contributed by atoms with E-state index in [1.807, 2.05) is 6.07 Å². The number of rotatable bonds is 8. The summed E-state index contributed by atoms with van der Waals surface area (Å²) < 4.78 is 72.8. The number of nitrogens with one attached hydrogen (secondary N) is 1. The summed E-state index contributed by atoms with van der Waals surface area (Å²) in [5.74, 6) is -1.21. The minimum Gasteiger partial charge on any atom is -0.493 e. The highest BCUT2D eigenvalue weighted by atomic mass is 32.2. The Morgan fingerprint density at radius 1 is 1.15 bits per heavy atom. The molecule has 0 radical (unpaired) electrons. The Kier molecular flexibility index (Phi) is 7.32. The first-order valence-electron chi connectivity index (χ1n) is 12.6. The maximum atomic E-state index is 14.0. The third-order valence-electron chi connectivity index (χ3n) is 6.90. The highest BCUT2D eigenvalue weighted by Crippen LogP contribution is 2.35. The predicted molar refractivity (Wildman–Crippen MR) is 141 cm³/mol. The number of benzene rings is 3. The molecule has 3 aromatic carbocycles. The van der Waals surface area contributed by atoms with E-state index in [1.165, 1.54) is 49.4 Å². The summed E-state index contributed by atoms with van der Waals surface area (Å²) in [7, 11) is -3.42. The van der Waals surface area contributed by atoms with Crippen molar-refractivity contribution in [3.63, 3.8) is 0 Å². The average Bonchev–Trinajstić information content (AvgIpc) is 3.57. The van der Waals surface area contributed by atoms with Crippen molar-refractivity contribution >= 4 is 26.8 Å². The van der Waals surface area contributed by atoms with Crippen LogP contribution in [0, 0.1) is 0 Å². The molecule has 210 valence electrons. The number of ether oxygens (including phenoxy) is 1. The van der Waals surface area contributed by atoms with Gasteiger partial charge in [0.1, 0.15) is 5.75 Å². The number of amides is 1. The van der Waals surface area contributed by atoms with Gasteiger partial charge in [-0.1, -0.05) is 37.3 Å². The van der Waals surface area contributed by atoms with Gasteiger partial charge in [0.15, 0.2) is 9.84 Å². The van der Waals surface area contributed by atoms with Gasteiger partial charge >= 0.3 is 6.18 Å². The Balaban J connectivity index is 1.43. The number of aromatic nitrogens is 2. The lowest BCUT2D eigenvalue weighted by Crippen LogP contribution is -2.30. The van der Waals surface area contributed by atoms with Crippen molar-refractivity contribution in [3.05, 3.63) is 88.7 Å². The number of hydrogen-bond acceptors (Lipinski definition) is 6. The summed E-state index contributed by atoms with van der Waals surface area (Å²) in [4.78, 5) is 17.0. The van der Waals surface area contributed by atoms with Crippen LogP contribution in [0.4, 0.5) is 13.2 Å². The Morgan fingerprint density at radius 2 is 1.90 bits per heavy atom. The standard InChI is InChI=1S/C28H26F3N3O5S/c1-2-40(37,38)21-9-6-17(7-10-21)23(16-35)32-26(36)19-8-11-24-22(14-19)33-27(28(29,30)31)34(24)15-20-5-3-4-18-12-13-39-25(18)20/h3-11,14,23,35H,2,12-13,15-16H2,1H3,(H,32,36)/t23-/m0/s1. The monoisotopic (exact) mass is 573 g/mol. The van der Waals surface area contributed by atoms with Crippen LogP contribution < -0.4 is 10.1 Å². The Hall–Kier alpha value is -3.90. The average molecular weight is 574 g/mol. The third kappa shape index (κ3) is 5.28. The van der Waals surface area contributed by atoms with E-state index in [1.54, 1.807) is 12.1 Å². The van der Waals surface area contributed by atoms with E-state index in [0.29, 0.717) is 29.9 Å². The molecule has 1 atom stereocenters. The fourth-order valence-corrected chi connectivity index (χ4v) is 5.66. The molecule has 0 aliphatic carbocycles. The lowest BCUT2D eigenvalue weighted by molar-refractivity contribution is -0.146. The Morgan fingerprint density at radius 3 is 2.58 bits per heavy atom. The molecule has 0 saturated carbocycles. The molecule has 1 aliphatic rings. The van der Waals surface area contributed by atoms with Gasteiger partial charge < -0.3 is 19.7 Å². The van der Waals surface area contributed by atoms with Crippen molar-refractivity contribution in [1.29, 1.82) is 0 Å². The first-order chi connectivity index (χ1) is 19.0. The van der Waals surface area contributed by atoms with Crippen LogP contribution in [-0.4, -0.2) is 47.9 Å². The van der Waals surface area contributed by atoms with Gasteiger partial charge in [-0.05, 0) is 41.5 Å². The molecule has 1 aromatic heterocycles. The van der Waals surface area contributed by atoms with Crippen LogP contribution in [0.1, 0.15) is 45.8 Å². The van der Waals surface area contributed by atoms with E-state index >= 15 is 0 Å². The molecule has 2 N–H and O–H groups in total. The van der Waals surface area contributed by atoms with Crippen LogP contribution in [0.5, 0.6) is 5.75 Å². The van der Waals surface area contributed by atoms with Crippen molar-refractivity contribution in [3.8, 4) is 5.75 Å². The molecule has 0 fully saturated rings. The number of para-hydroxylation sites is 1. The Labute approximate surface area is 228 Å². The number of carbonyl (C=O) groups is 1. The van der Waals surface area contributed by atoms with Gasteiger partial charge in [0, 0.05) is 17.5 Å². The van der Waals surface area contributed by atoms with E-state index in [4.69, 9.17) is 4.74 Å². The zero-order chi connectivity index (χ0) is 28.7. The largest absolute Gasteiger partial charge is 0.493 e. The number of sulfone groups is 1. The fourth-order valence-electron chi connectivity index (χ4n) is 4.78. The van der Waals surface area contributed by atoms with Crippen LogP contribution in [0.2, 0.25) is 0 Å². The topological polar surface area (TPSA) is 111 Å². The summed E-state index contributed by atoms with van der Waals surface area (Å²) in [6.45, 7) is 1.40. The third-order valence-corrected chi connectivity index (χ3v) is 8.65. The number of nitrogens with zero attached hydrogens (tertiary/aromatic N) is 2. The number of imidazole rings is 1. The van der Waals surface area contributed by atoms with E-state index in [-0.39, 0.29) is 33.8 Å². The van der Waals surface area contributed by atoms with E-state index in [9.17, 15) is 31.5 Å². The SMILES string of the molecule is CCS(=O)(=O)c1ccc([C@H](CO)NC(=O)c2ccc3c(c2)nc(C(F)(F)F)n3Cc2cccc3c2OCC3)cc1. The zero-order valence-corrected chi connectivity index (χ0v) is 22.2. The molecule has 12 heteroatoms. The van der Waals surface area contributed by atoms with Crippen molar-refractivity contribution < 1.29 is 36.2 Å². The molecular formula is C28H26F3N3O5S. The molecule has 0 unspecified atom stereocenters. The molecule has 4 aromatic rings. The van der Waals surface area contributed by atoms with Crippen molar-refractivity contribution in [2.75, 3.05) is 19.0 Å². The number of hydrogen-bond donors (Lipinski definition) is 2. The number of alkyl halides is 3. The second-order valence-electron chi connectivity index (χ2n) is 9.41. The summed E-state index contributed by atoms with van der Waals surface area (Å²) in [6, 6.07) is 14.4. The summed E-state index contributed by atoms with van der Waals surface area (Å²) in [5.41, 5.74) is 2.25. The van der Waals surface area contributed by atoms with Gasteiger partial charge in [-0.25, -0.2) is 13.4 Å². The van der Waals surface area contributed by atoms with Crippen LogP contribution in [0.25, 0.3) is 11.0 Å². The van der Waals surface area contributed by atoms with Crippen molar-refractivity contribution in [2.24, 2.45) is 0 Å². The molecule has 1 aliphatic heterocycles. The highest BCUT2D eigenvalue weighted by molar-refractivity contribution is 7.91. The second-order valence-corrected chi connectivity index (χ2v) is 11.7. The second kappa shape index (κ2) is 10.6. The molecular weight excluding hydrogens is 547 g/mol. The Bertz CT molecular complexity index is 1680. The lowest BCUT2D eigenvalue weighted by Gasteiger charge is -2.17. The minimum absolute atomic E-state index is 0.0110. The van der Waals surface area contributed by atoms with E-state index in [2.05, 4.69) is 10.3 Å². The van der Waals surface area contributed by atoms with Gasteiger partial charge in [-0.15, -0.1) is 0 Å². The van der Waals surface area contributed by atoms with Gasteiger partial charge in [0.05, 0.1) is 47.5 Å². The van der Waals surface area contributed by atoms with Gasteiger partial charge in [-0.3, -0.25) is 4.79 Å². The maximum Gasteiger partial charge on any atom is 0.449 e. The summed E-state index contributed by atoms with van der Waals surface area (Å²) in [6.07, 6.45) is -4.05.